The molecule has 4 heteroatoms. The van der Waals surface area contributed by atoms with Crippen LogP contribution in [0.1, 0.15) is 19.8 Å². The molecule has 2 rings (SSSR count). The molecule has 0 saturated carbocycles. The van der Waals surface area contributed by atoms with E-state index in [1.54, 1.807) is 0 Å². The average molecular weight is 249 g/mol. The highest BCUT2D eigenvalue weighted by Gasteiger charge is 2.23. The van der Waals surface area contributed by atoms with Crippen LogP contribution >= 0.6 is 0 Å². The number of nitrogens with one attached hydrogen (secondary N) is 1. The molecule has 1 N–H and O–H groups in total. The second-order valence-corrected chi connectivity index (χ2v) is 4.29. The molecular formula is C14H19NO3. The van der Waals surface area contributed by atoms with Crippen LogP contribution in [0.5, 0.6) is 11.5 Å². The minimum absolute atomic E-state index is 0.101. The van der Waals surface area contributed by atoms with Gasteiger partial charge in [0.15, 0.2) is 11.5 Å². The van der Waals surface area contributed by atoms with Gasteiger partial charge < -0.3 is 14.8 Å². The molecule has 1 aromatic rings. The van der Waals surface area contributed by atoms with E-state index in [-0.39, 0.29) is 11.8 Å². The summed E-state index contributed by atoms with van der Waals surface area (Å²) in [6, 6.07) is 7.61. The first-order valence-corrected chi connectivity index (χ1v) is 6.43. The summed E-state index contributed by atoms with van der Waals surface area (Å²) in [6.45, 7) is 3.90. The number of amides is 1. The van der Waals surface area contributed by atoms with E-state index in [1.807, 2.05) is 31.2 Å². The summed E-state index contributed by atoms with van der Waals surface area (Å²) < 4.78 is 11.2. The molecule has 1 aromatic carbocycles. The zero-order chi connectivity index (χ0) is 12.8. The van der Waals surface area contributed by atoms with Crippen molar-refractivity contribution in [3.63, 3.8) is 0 Å². The van der Waals surface area contributed by atoms with Crippen LogP contribution in [0, 0.1) is 5.92 Å². The van der Waals surface area contributed by atoms with E-state index >= 15 is 0 Å². The Labute approximate surface area is 107 Å². The number of benzene rings is 1. The number of rotatable bonds is 6. The van der Waals surface area contributed by atoms with Crippen LogP contribution < -0.4 is 14.8 Å². The molecular weight excluding hydrogens is 230 g/mol. The molecule has 1 aliphatic rings. The zero-order valence-electron chi connectivity index (χ0n) is 10.6. The summed E-state index contributed by atoms with van der Waals surface area (Å²) in [4.78, 5) is 11.4. The third-order valence-electron chi connectivity index (χ3n) is 3.04. The first kappa shape index (κ1) is 12.7. The Morgan fingerprint density at radius 1 is 1.28 bits per heavy atom. The summed E-state index contributed by atoms with van der Waals surface area (Å²) in [7, 11) is 0. The Hall–Kier alpha value is -1.71. The maximum Gasteiger partial charge on any atom is 0.223 e. The molecule has 1 unspecified atom stereocenters. The van der Waals surface area contributed by atoms with E-state index in [0.29, 0.717) is 13.2 Å². The van der Waals surface area contributed by atoms with E-state index in [1.165, 1.54) is 0 Å². The second kappa shape index (κ2) is 6.28. The highest BCUT2D eigenvalue weighted by Crippen LogP contribution is 2.27. The summed E-state index contributed by atoms with van der Waals surface area (Å²) in [6.07, 6.45) is 1.67. The van der Waals surface area contributed by atoms with Crippen molar-refractivity contribution in [2.45, 2.75) is 19.8 Å². The van der Waals surface area contributed by atoms with Gasteiger partial charge in [-0.2, -0.15) is 0 Å². The molecule has 0 aromatic heterocycles. The Morgan fingerprint density at radius 3 is 2.61 bits per heavy atom. The first-order chi connectivity index (χ1) is 8.81. The van der Waals surface area contributed by atoms with Crippen LogP contribution in [-0.4, -0.2) is 25.7 Å². The lowest BCUT2D eigenvalue weighted by Crippen LogP contribution is -2.20. The molecule has 0 radical (unpaired) electrons. The molecule has 18 heavy (non-hydrogen) atoms. The van der Waals surface area contributed by atoms with Crippen molar-refractivity contribution in [2.24, 2.45) is 5.92 Å². The standard InChI is InChI=1S/C14H19NO3/c1-2-17-12-5-3-4-6-13(12)18-10-8-11-7-9-15-14(11)16/h3-6,11H,2,7-10H2,1H3,(H,15,16). The molecule has 1 heterocycles. The SMILES string of the molecule is CCOc1ccccc1OCCC1CCNC1=O. The molecule has 0 spiro atoms. The summed E-state index contributed by atoms with van der Waals surface area (Å²) in [5.74, 6) is 1.76. The minimum atomic E-state index is 0.101. The van der Waals surface area contributed by atoms with Gasteiger partial charge in [0, 0.05) is 12.5 Å². The van der Waals surface area contributed by atoms with Gasteiger partial charge in [0.1, 0.15) is 0 Å². The fourth-order valence-electron chi connectivity index (χ4n) is 2.08. The molecule has 98 valence electrons. The normalized spacial score (nSPS) is 18.5. The highest BCUT2D eigenvalue weighted by atomic mass is 16.5. The van der Waals surface area contributed by atoms with Crippen molar-refractivity contribution in [2.75, 3.05) is 19.8 Å². The number of para-hydroxylation sites is 2. The Kier molecular flexibility index (Phi) is 4.45. The van der Waals surface area contributed by atoms with Crippen LogP contribution in [0.4, 0.5) is 0 Å². The van der Waals surface area contributed by atoms with Crippen molar-refractivity contribution < 1.29 is 14.3 Å². The monoisotopic (exact) mass is 249 g/mol. The van der Waals surface area contributed by atoms with Crippen molar-refractivity contribution in [1.29, 1.82) is 0 Å². The van der Waals surface area contributed by atoms with E-state index in [0.717, 1.165) is 30.9 Å². The minimum Gasteiger partial charge on any atom is -0.490 e. The zero-order valence-corrected chi connectivity index (χ0v) is 10.6. The van der Waals surface area contributed by atoms with Gasteiger partial charge in [-0.1, -0.05) is 12.1 Å². The van der Waals surface area contributed by atoms with Gasteiger partial charge in [-0.15, -0.1) is 0 Å². The van der Waals surface area contributed by atoms with Gasteiger partial charge >= 0.3 is 0 Å². The molecule has 0 bridgehead atoms. The van der Waals surface area contributed by atoms with E-state index in [2.05, 4.69) is 5.32 Å². The van der Waals surface area contributed by atoms with Crippen LogP contribution in [0.3, 0.4) is 0 Å². The lowest BCUT2D eigenvalue weighted by Gasteiger charge is -2.12. The molecule has 1 fully saturated rings. The van der Waals surface area contributed by atoms with Crippen LogP contribution in [0.2, 0.25) is 0 Å². The fourth-order valence-corrected chi connectivity index (χ4v) is 2.08. The predicted molar refractivity (Wildman–Crippen MR) is 68.8 cm³/mol. The van der Waals surface area contributed by atoms with Crippen molar-refractivity contribution in [3.05, 3.63) is 24.3 Å². The Balaban J connectivity index is 1.84. The molecule has 1 atom stereocenters. The third kappa shape index (κ3) is 3.15. The second-order valence-electron chi connectivity index (χ2n) is 4.29. The quantitative estimate of drug-likeness (QED) is 0.838. The van der Waals surface area contributed by atoms with Crippen LogP contribution in [0.15, 0.2) is 24.3 Å². The van der Waals surface area contributed by atoms with Crippen LogP contribution in [-0.2, 0) is 4.79 Å². The Morgan fingerprint density at radius 2 is 2.00 bits per heavy atom. The van der Waals surface area contributed by atoms with Crippen molar-refractivity contribution >= 4 is 5.91 Å². The number of hydrogen-bond donors (Lipinski definition) is 1. The smallest absolute Gasteiger partial charge is 0.223 e. The summed E-state index contributed by atoms with van der Waals surface area (Å²) >= 11 is 0. The van der Waals surface area contributed by atoms with Gasteiger partial charge in [-0.25, -0.2) is 0 Å². The maximum atomic E-state index is 11.4. The van der Waals surface area contributed by atoms with Gasteiger partial charge in [-0.3, -0.25) is 4.79 Å². The number of carbonyl (C=O) groups is 1. The lowest BCUT2D eigenvalue weighted by molar-refractivity contribution is -0.122. The van der Waals surface area contributed by atoms with Crippen molar-refractivity contribution in [1.82, 2.24) is 5.32 Å². The van der Waals surface area contributed by atoms with Gasteiger partial charge in [0.2, 0.25) is 5.91 Å². The number of ether oxygens (including phenoxy) is 2. The van der Waals surface area contributed by atoms with Gasteiger partial charge in [0.25, 0.3) is 0 Å². The van der Waals surface area contributed by atoms with E-state index in [4.69, 9.17) is 9.47 Å². The number of carbonyl (C=O) groups excluding carboxylic acids is 1. The third-order valence-corrected chi connectivity index (χ3v) is 3.04. The molecule has 1 amide bonds. The molecule has 0 aliphatic carbocycles. The largest absolute Gasteiger partial charge is 0.490 e. The lowest BCUT2D eigenvalue weighted by atomic mass is 10.1. The highest BCUT2D eigenvalue weighted by molar-refractivity contribution is 5.80. The molecule has 1 saturated heterocycles. The number of hydrogen-bond acceptors (Lipinski definition) is 3. The van der Waals surface area contributed by atoms with E-state index < -0.39 is 0 Å². The Bertz CT molecular complexity index is 406. The average Bonchev–Trinajstić information content (AvgIpc) is 2.78. The van der Waals surface area contributed by atoms with Crippen molar-refractivity contribution in [3.8, 4) is 11.5 Å². The maximum absolute atomic E-state index is 11.4. The summed E-state index contributed by atoms with van der Waals surface area (Å²) in [5, 5.41) is 2.83. The topological polar surface area (TPSA) is 47.6 Å². The first-order valence-electron chi connectivity index (χ1n) is 6.43. The molecule has 4 nitrogen and oxygen atoms in total. The van der Waals surface area contributed by atoms with Gasteiger partial charge in [-0.05, 0) is 31.9 Å². The van der Waals surface area contributed by atoms with Gasteiger partial charge in [0.05, 0.1) is 13.2 Å². The fraction of sp³-hybridized carbons (Fsp3) is 0.500. The van der Waals surface area contributed by atoms with E-state index in [9.17, 15) is 4.79 Å². The molecule has 1 aliphatic heterocycles. The van der Waals surface area contributed by atoms with Crippen LogP contribution in [0.25, 0.3) is 0 Å². The summed E-state index contributed by atoms with van der Waals surface area (Å²) in [5.41, 5.74) is 0. The predicted octanol–water partition coefficient (Wildman–Crippen LogP) is 1.99.